The molecule has 1 aliphatic rings. The van der Waals surface area contributed by atoms with E-state index in [-0.39, 0.29) is 12.5 Å². The summed E-state index contributed by atoms with van der Waals surface area (Å²) >= 11 is 1.58. The predicted octanol–water partition coefficient (Wildman–Crippen LogP) is 2.38. The molecule has 2 aromatic heterocycles. The number of aliphatic hydroxyl groups excluding tert-OH is 1. The summed E-state index contributed by atoms with van der Waals surface area (Å²) in [5.41, 5.74) is 2.64. The second-order valence-electron chi connectivity index (χ2n) is 4.52. The number of fused-ring (bicyclic) bond motifs is 1. The number of aromatic nitrogens is 1. The quantitative estimate of drug-likeness (QED) is 0.903. The fourth-order valence-corrected chi connectivity index (χ4v) is 3.71. The predicted molar refractivity (Wildman–Crippen MR) is 74.5 cm³/mol. The second kappa shape index (κ2) is 5.11. The van der Waals surface area contributed by atoms with Gasteiger partial charge < -0.3 is 10.4 Å². The lowest BCUT2D eigenvalue weighted by Gasteiger charge is -2.06. The van der Waals surface area contributed by atoms with Gasteiger partial charge >= 0.3 is 0 Å². The van der Waals surface area contributed by atoms with Gasteiger partial charge in [0, 0.05) is 22.8 Å². The zero-order valence-electron chi connectivity index (χ0n) is 10.3. The molecule has 1 aliphatic carbocycles. The summed E-state index contributed by atoms with van der Waals surface area (Å²) in [7, 11) is 0. The summed E-state index contributed by atoms with van der Waals surface area (Å²) in [6.07, 6.45) is 6.37. The van der Waals surface area contributed by atoms with Crippen molar-refractivity contribution in [2.75, 3.05) is 5.32 Å². The maximum Gasteiger partial charge on any atom is 0.257 e. The molecule has 2 aromatic rings. The van der Waals surface area contributed by atoms with E-state index in [1.54, 1.807) is 29.7 Å². The molecule has 98 valence electrons. The van der Waals surface area contributed by atoms with Gasteiger partial charge in [0.2, 0.25) is 0 Å². The van der Waals surface area contributed by atoms with Crippen LogP contribution in [-0.4, -0.2) is 16.0 Å². The Balaban J connectivity index is 1.86. The zero-order valence-corrected chi connectivity index (χ0v) is 11.2. The van der Waals surface area contributed by atoms with Crippen LogP contribution in [0.5, 0.6) is 0 Å². The van der Waals surface area contributed by atoms with Gasteiger partial charge in [-0.25, -0.2) is 0 Å². The van der Waals surface area contributed by atoms with Crippen LogP contribution in [0.3, 0.4) is 0 Å². The minimum atomic E-state index is -0.178. The topological polar surface area (TPSA) is 62.2 Å². The van der Waals surface area contributed by atoms with E-state index < -0.39 is 0 Å². The molecule has 19 heavy (non-hydrogen) atoms. The van der Waals surface area contributed by atoms with E-state index in [0.29, 0.717) is 5.56 Å². The number of anilines is 1. The average Bonchev–Trinajstić information content (AvgIpc) is 3.00. The van der Waals surface area contributed by atoms with E-state index in [2.05, 4.69) is 10.3 Å². The van der Waals surface area contributed by atoms with Crippen molar-refractivity contribution in [2.24, 2.45) is 0 Å². The summed E-state index contributed by atoms with van der Waals surface area (Å²) in [6, 6.07) is 3.46. The Morgan fingerprint density at radius 3 is 3.11 bits per heavy atom. The third-order valence-corrected chi connectivity index (χ3v) is 4.59. The molecule has 1 amide bonds. The number of rotatable bonds is 3. The molecule has 4 nitrogen and oxygen atoms in total. The zero-order chi connectivity index (χ0) is 13.2. The van der Waals surface area contributed by atoms with Gasteiger partial charge in [-0.15, -0.1) is 11.3 Å². The Morgan fingerprint density at radius 1 is 1.47 bits per heavy atom. The number of carbonyl (C=O) groups excluding carboxylic acids is 1. The van der Waals surface area contributed by atoms with Crippen LogP contribution in [0.1, 0.15) is 32.8 Å². The third kappa shape index (κ3) is 2.27. The monoisotopic (exact) mass is 274 g/mol. The number of nitrogens with zero attached hydrogens (tertiary/aromatic N) is 1. The van der Waals surface area contributed by atoms with Gasteiger partial charge in [0.25, 0.3) is 5.91 Å². The van der Waals surface area contributed by atoms with Crippen LogP contribution < -0.4 is 5.32 Å². The van der Waals surface area contributed by atoms with Crippen LogP contribution in [0.15, 0.2) is 24.5 Å². The van der Waals surface area contributed by atoms with Gasteiger partial charge in [0.15, 0.2) is 0 Å². The summed E-state index contributed by atoms with van der Waals surface area (Å²) in [5.74, 6) is -0.178. The molecule has 0 aliphatic heterocycles. The lowest BCUT2D eigenvalue weighted by Crippen LogP contribution is -2.12. The number of thiophene rings is 1. The Morgan fingerprint density at radius 2 is 2.37 bits per heavy atom. The summed E-state index contributed by atoms with van der Waals surface area (Å²) in [4.78, 5) is 17.3. The average molecular weight is 274 g/mol. The Labute approximate surface area is 115 Å². The van der Waals surface area contributed by atoms with Gasteiger partial charge in [-0.2, -0.15) is 0 Å². The first-order valence-corrected chi connectivity index (χ1v) is 7.07. The molecule has 5 heteroatoms. The SMILES string of the molecule is O=C(Nc1sc2c(c1CO)CCC2)c1cccnc1. The molecule has 3 rings (SSSR count). The standard InChI is InChI=1S/C14H14N2O2S/c17-8-11-10-4-1-5-12(10)19-14(11)16-13(18)9-3-2-6-15-7-9/h2-3,6-7,17H,1,4-5,8H2,(H,16,18). The molecular formula is C14H14N2O2S. The first kappa shape index (κ1) is 12.3. The maximum atomic E-state index is 12.1. The number of pyridine rings is 1. The van der Waals surface area contributed by atoms with Gasteiger partial charge in [-0.1, -0.05) is 0 Å². The molecule has 0 radical (unpaired) electrons. The van der Waals surface area contributed by atoms with Crippen LogP contribution in [0.25, 0.3) is 0 Å². The highest BCUT2D eigenvalue weighted by molar-refractivity contribution is 7.16. The van der Waals surface area contributed by atoms with Crippen molar-refractivity contribution in [3.8, 4) is 0 Å². The van der Waals surface area contributed by atoms with Gasteiger partial charge in [-0.05, 0) is 37.0 Å². The van der Waals surface area contributed by atoms with E-state index in [1.165, 1.54) is 16.6 Å². The number of aliphatic hydroxyl groups is 1. The molecule has 0 saturated heterocycles. The molecule has 0 aromatic carbocycles. The number of aryl methyl sites for hydroxylation is 1. The summed E-state index contributed by atoms with van der Waals surface area (Å²) < 4.78 is 0. The van der Waals surface area contributed by atoms with E-state index in [4.69, 9.17) is 0 Å². The van der Waals surface area contributed by atoms with Crippen molar-refractivity contribution in [3.05, 3.63) is 46.1 Å². The highest BCUT2D eigenvalue weighted by Gasteiger charge is 2.22. The molecule has 0 saturated carbocycles. The highest BCUT2D eigenvalue weighted by atomic mass is 32.1. The van der Waals surface area contributed by atoms with Crippen LogP contribution in [0, 0.1) is 0 Å². The highest BCUT2D eigenvalue weighted by Crippen LogP contribution is 2.39. The first-order chi connectivity index (χ1) is 9.29. The van der Waals surface area contributed by atoms with Crippen molar-refractivity contribution in [1.82, 2.24) is 4.98 Å². The molecule has 2 N–H and O–H groups in total. The third-order valence-electron chi connectivity index (χ3n) is 3.34. The molecule has 0 fully saturated rings. The Bertz CT molecular complexity index is 607. The Hall–Kier alpha value is -1.72. The lowest BCUT2D eigenvalue weighted by atomic mass is 10.1. The van der Waals surface area contributed by atoms with Crippen molar-refractivity contribution in [1.29, 1.82) is 0 Å². The summed E-state index contributed by atoms with van der Waals surface area (Å²) in [6.45, 7) is -0.0194. The van der Waals surface area contributed by atoms with Crippen LogP contribution in [0.4, 0.5) is 5.00 Å². The maximum absolute atomic E-state index is 12.1. The minimum absolute atomic E-state index is 0.0194. The van der Waals surface area contributed by atoms with E-state index in [0.717, 1.165) is 29.8 Å². The largest absolute Gasteiger partial charge is 0.392 e. The number of nitrogens with one attached hydrogen (secondary N) is 1. The van der Waals surface area contributed by atoms with E-state index >= 15 is 0 Å². The molecule has 2 heterocycles. The molecule has 0 atom stereocenters. The van der Waals surface area contributed by atoms with E-state index in [9.17, 15) is 9.90 Å². The van der Waals surface area contributed by atoms with Gasteiger partial charge in [0.05, 0.1) is 12.2 Å². The molecular weight excluding hydrogens is 260 g/mol. The fraction of sp³-hybridized carbons (Fsp3) is 0.286. The number of hydrogen-bond donors (Lipinski definition) is 2. The van der Waals surface area contributed by atoms with Crippen LogP contribution in [-0.2, 0) is 19.4 Å². The van der Waals surface area contributed by atoms with Crippen molar-refractivity contribution < 1.29 is 9.90 Å². The summed E-state index contributed by atoms with van der Waals surface area (Å²) in [5, 5.41) is 13.2. The molecule has 0 bridgehead atoms. The van der Waals surface area contributed by atoms with Crippen LogP contribution in [0.2, 0.25) is 0 Å². The smallest absolute Gasteiger partial charge is 0.257 e. The normalized spacial score (nSPS) is 13.3. The van der Waals surface area contributed by atoms with Gasteiger partial charge in [-0.3, -0.25) is 9.78 Å². The van der Waals surface area contributed by atoms with E-state index in [1.807, 2.05) is 0 Å². The van der Waals surface area contributed by atoms with Crippen LogP contribution >= 0.6 is 11.3 Å². The van der Waals surface area contributed by atoms with Crippen molar-refractivity contribution >= 4 is 22.2 Å². The Kier molecular flexibility index (Phi) is 3.31. The number of hydrogen-bond acceptors (Lipinski definition) is 4. The number of amides is 1. The first-order valence-electron chi connectivity index (χ1n) is 6.25. The van der Waals surface area contributed by atoms with Crippen molar-refractivity contribution in [2.45, 2.75) is 25.9 Å². The molecule has 0 unspecified atom stereocenters. The molecule has 0 spiro atoms. The van der Waals surface area contributed by atoms with Gasteiger partial charge in [0.1, 0.15) is 5.00 Å². The number of carbonyl (C=O) groups is 1. The minimum Gasteiger partial charge on any atom is -0.392 e. The fourth-order valence-electron chi connectivity index (χ4n) is 2.41. The van der Waals surface area contributed by atoms with Crippen molar-refractivity contribution in [3.63, 3.8) is 0 Å². The second-order valence-corrected chi connectivity index (χ2v) is 5.62. The lowest BCUT2D eigenvalue weighted by molar-refractivity contribution is 0.102.